The van der Waals surface area contributed by atoms with Crippen LogP contribution in [0, 0.1) is 34.0 Å². The lowest BCUT2D eigenvalue weighted by atomic mass is 10.1. The number of hydrogen-bond acceptors (Lipinski definition) is 6. The first-order valence-corrected chi connectivity index (χ1v) is 10.9. The number of imide groups is 1. The number of hydrogen-bond donors (Lipinski definition) is 0. The van der Waals surface area contributed by atoms with Gasteiger partial charge in [0.1, 0.15) is 17.7 Å². The molecule has 0 spiro atoms. The van der Waals surface area contributed by atoms with Gasteiger partial charge in [0.05, 0.1) is 22.8 Å². The molecule has 2 aromatic carbocycles. The highest BCUT2D eigenvalue weighted by molar-refractivity contribution is 6.21. The van der Waals surface area contributed by atoms with Crippen molar-refractivity contribution in [2.24, 2.45) is 0 Å². The van der Waals surface area contributed by atoms with E-state index in [1.165, 1.54) is 4.90 Å². The number of nitriles is 3. The van der Waals surface area contributed by atoms with Crippen LogP contribution in [0.25, 0.3) is 11.1 Å². The van der Waals surface area contributed by atoms with Crippen LogP contribution in [0.3, 0.4) is 0 Å². The second kappa shape index (κ2) is 10.2. The molecule has 2 aliphatic rings. The van der Waals surface area contributed by atoms with Crippen molar-refractivity contribution < 1.29 is 9.59 Å². The van der Waals surface area contributed by atoms with Crippen LogP contribution in [0.1, 0.15) is 27.1 Å². The van der Waals surface area contributed by atoms with Crippen molar-refractivity contribution in [3.05, 3.63) is 106 Å². The number of benzene rings is 2. The van der Waals surface area contributed by atoms with Crippen molar-refractivity contribution in [2.45, 2.75) is 6.42 Å². The maximum Gasteiger partial charge on any atom is 0.261 e. The summed E-state index contributed by atoms with van der Waals surface area (Å²) in [7, 11) is 0. The zero-order chi connectivity index (χ0) is 24.8. The van der Waals surface area contributed by atoms with Crippen LogP contribution in [0.15, 0.2) is 84.7 Å². The van der Waals surface area contributed by atoms with Crippen LogP contribution in [0.5, 0.6) is 0 Å². The first kappa shape index (κ1) is 23.0. The Morgan fingerprint density at radius 2 is 1.34 bits per heavy atom. The van der Waals surface area contributed by atoms with Gasteiger partial charge < -0.3 is 4.90 Å². The van der Waals surface area contributed by atoms with E-state index in [-0.39, 0.29) is 17.4 Å². The summed E-state index contributed by atoms with van der Waals surface area (Å²) < 4.78 is 0. The van der Waals surface area contributed by atoms with Crippen LogP contribution < -0.4 is 10.4 Å². The topological polar surface area (TPSA) is 112 Å². The van der Waals surface area contributed by atoms with Crippen LogP contribution >= 0.6 is 0 Å². The van der Waals surface area contributed by atoms with Crippen molar-refractivity contribution in [1.82, 2.24) is 9.80 Å². The molecule has 0 unspecified atom stereocenters. The number of nitrogens with zero attached hydrogens (tertiary/aromatic N) is 5. The summed E-state index contributed by atoms with van der Waals surface area (Å²) in [5.74, 6) is -0.495. The number of carbonyl (C=O) groups is 2. The molecular weight excluding hydrogens is 438 g/mol. The lowest BCUT2D eigenvalue weighted by Gasteiger charge is -2.20. The zero-order valence-corrected chi connectivity index (χ0v) is 18.7. The molecule has 2 heterocycles. The number of allylic oxidation sites excluding steroid dienone is 4. The highest BCUT2D eigenvalue weighted by atomic mass is 16.2. The van der Waals surface area contributed by atoms with Gasteiger partial charge in [0.25, 0.3) is 11.8 Å². The molecule has 0 radical (unpaired) electrons. The van der Waals surface area contributed by atoms with E-state index in [2.05, 4.69) is 6.07 Å². The maximum absolute atomic E-state index is 12.5. The summed E-state index contributed by atoms with van der Waals surface area (Å²) in [4.78, 5) is 28.2. The zero-order valence-electron chi connectivity index (χ0n) is 18.7. The molecule has 7 nitrogen and oxygen atoms in total. The summed E-state index contributed by atoms with van der Waals surface area (Å²) in [6.45, 7) is 0.965. The molecule has 0 bridgehead atoms. The van der Waals surface area contributed by atoms with E-state index in [4.69, 9.17) is 10.5 Å². The molecule has 7 heteroatoms. The second-order valence-electron chi connectivity index (χ2n) is 7.88. The SMILES string of the molecule is N#CC(C#N)=c1ccc(=C(C#N)C=C2C=CN(CCCN3C(=O)c4ccccc4C3=O)C=C2)cc1. The lowest BCUT2D eigenvalue weighted by molar-refractivity contribution is 0.0650. The summed E-state index contributed by atoms with van der Waals surface area (Å²) in [5.41, 5.74) is 2.23. The van der Waals surface area contributed by atoms with Crippen LogP contribution in [-0.4, -0.2) is 34.7 Å². The van der Waals surface area contributed by atoms with Gasteiger partial charge in [-0.15, -0.1) is 0 Å². The van der Waals surface area contributed by atoms with Crippen LogP contribution in [0.4, 0.5) is 0 Å². The fraction of sp³-hybridized carbons (Fsp3) is 0.107. The van der Waals surface area contributed by atoms with E-state index >= 15 is 0 Å². The van der Waals surface area contributed by atoms with Gasteiger partial charge in [0.15, 0.2) is 0 Å². The van der Waals surface area contributed by atoms with E-state index in [1.54, 1.807) is 54.6 Å². The van der Waals surface area contributed by atoms with Crippen molar-refractivity contribution >= 4 is 23.0 Å². The minimum atomic E-state index is -0.248. The fourth-order valence-electron chi connectivity index (χ4n) is 3.89. The van der Waals surface area contributed by atoms with E-state index in [0.29, 0.717) is 46.6 Å². The summed E-state index contributed by atoms with van der Waals surface area (Å²) in [6, 6.07) is 19.5. The summed E-state index contributed by atoms with van der Waals surface area (Å²) in [5, 5.41) is 28.8. The number of fused-ring (bicyclic) bond motifs is 1. The van der Waals surface area contributed by atoms with E-state index in [1.807, 2.05) is 41.6 Å². The van der Waals surface area contributed by atoms with E-state index in [0.717, 1.165) is 5.57 Å². The Bertz CT molecular complexity index is 1470. The minimum Gasteiger partial charge on any atom is -0.354 e. The third-order valence-corrected chi connectivity index (χ3v) is 5.73. The molecule has 2 aliphatic heterocycles. The smallest absolute Gasteiger partial charge is 0.261 e. The van der Waals surface area contributed by atoms with Gasteiger partial charge in [-0.05, 0) is 47.6 Å². The quantitative estimate of drug-likeness (QED) is 0.638. The fourth-order valence-corrected chi connectivity index (χ4v) is 3.89. The molecule has 0 aliphatic carbocycles. The Balaban J connectivity index is 1.39. The number of carbonyl (C=O) groups excluding carboxylic acids is 2. The van der Waals surface area contributed by atoms with Crippen molar-refractivity contribution in [2.75, 3.05) is 13.1 Å². The Morgan fingerprint density at radius 1 is 0.771 bits per heavy atom. The molecule has 0 aromatic heterocycles. The van der Waals surface area contributed by atoms with Crippen molar-refractivity contribution in [3.8, 4) is 18.2 Å². The Morgan fingerprint density at radius 3 is 1.89 bits per heavy atom. The normalized spacial score (nSPS) is 13.7. The van der Waals surface area contributed by atoms with Gasteiger partial charge in [-0.1, -0.05) is 36.4 Å². The van der Waals surface area contributed by atoms with Gasteiger partial charge in [0.2, 0.25) is 0 Å². The Labute approximate surface area is 202 Å². The van der Waals surface area contributed by atoms with E-state index < -0.39 is 0 Å². The molecule has 0 N–H and O–H groups in total. The third-order valence-electron chi connectivity index (χ3n) is 5.73. The average molecular weight is 457 g/mol. The number of amides is 2. The third kappa shape index (κ3) is 4.78. The molecular formula is C28H19N5O2. The molecule has 0 saturated carbocycles. The molecule has 168 valence electrons. The van der Waals surface area contributed by atoms with Crippen LogP contribution in [-0.2, 0) is 0 Å². The Hall–Kier alpha value is -5.19. The van der Waals surface area contributed by atoms with Gasteiger partial charge in [-0.2, -0.15) is 15.8 Å². The van der Waals surface area contributed by atoms with Crippen molar-refractivity contribution in [1.29, 1.82) is 15.8 Å². The molecule has 35 heavy (non-hydrogen) atoms. The molecule has 2 amide bonds. The van der Waals surface area contributed by atoms with Gasteiger partial charge in [0, 0.05) is 30.7 Å². The van der Waals surface area contributed by atoms with Gasteiger partial charge >= 0.3 is 0 Å². The predicted molar refractivity (Wildman–Crippen MR) is 129 cm³/mol. The molecule has 2 aromatic rings. The number of rotatable bonds is 5. The molecule has 0 saturated heterocycles. The predicted octanol–water partition coefficient (Wildman–Crippen LogP) is 2.51. The lowest BCUT2D eigenvalue weighted by Crippen LogP contribution is -2.32. The first-order chi connectivity index (χ1) is 17.0. The van der Waals surface area contributed by atoms with Crippen LogP contribution in [0.2, 0.25) is 0 Å². The van der Waals surface area contributed by atoms with Crippen molar-refractivity contribution in [3.63, 3.8) is 0 Å². The molecule has 0 atom stereocenters. The Kier molecular flexibility index (Phi) is 6.68. The van der Waals surface area contributed by atoms with E-state index in [9.17, 15) is 14.9 Å². The van der Waals surface area contributed by atoms with Gasteiger partial charge in [-0.3, -0.25) is 14.5 Å². The molecule has 4 rings (SSSR count). The standard InChI is InChI=1S/C28H19N5O2/c29-17-23(21-6-8-22(9-7-21)24(18-30)19-31)16-20-10-14-32(15-11-20)12-3-13-33-27(34)25-4-1-2-5-26(25)28(33)35/h1-2,4-11,14-16H,3,12-13H2. The molecule has 0 fully saturated rings. The highest BCUT2D eigenvalue weighted by Crippen LogP contribution is 2.22. The average Bonchev–Trinajstić information content (AvgIpc) is 3.14. The van der Waals surface area contributed by atoms with Gasteiger partial charge in [-0.25, -0.2) is 0 Å². The second-order valence-corrected chi connectivity index (χ2v) is 7.88. The summed E-state index contributed by atoms with van der Waals surface area (Å²) >= 11 is 0. The maximum atomic E-state index is 12.5. The monoisotopic (exact) mass is 457 g/mol. The first-order valence-electron chi connectivity index (χ1n) is 10.9. The largest absolute Gasteiger partial charge is 0.354 e. The highest BCUT2D eigenvalue weighted by Gasteiger charge is 2.34. The summed E-state index contributed by atoms with van der Waals surface area (Å²) in [6.07, 6.45) is 9.90. The minimum absolute atomic E-state index is 0.0228.